The molecule has 1 amide bonds. The molecule has 4 rings (SSSR count). The summed E-state index contributed by atoms with van der Waals surface area (Å²) in [7, 11) is 0. The number of nitrogens with one attached hydrogen (secondary N) is 1. The Bertz CT molecular complexity index is 970. The third-order valence-corrected chi connectivity index (χ3v) is 5.98. The molecule has 2 aromatic carbocycles. The second-order valence-electron chi connectivity index (χ2n) is 8.33. The van der Waals surface area contributed by atoms with Crippen LogP contribution in [0.5, 0.6) is 0 Å². The van der Waals surface area contributed by atoms with Crippen molar-refractivity contribution in [3.8, 4) is 5.69 Å². The van der Waals surface area contributed by atoms with E-state index in [1.54, 1.807) is 0 Å². The SMILES string of the molecule is Cc1cc2c(n1-c1ccc(C(=O)NCCCc3ccccc3)cc1)CC[C@H](C)C2. The molecule has 1 aromatic heterocycles. The van der Waals surface area contributed by atoms with Crippen LogP contribution in [-0.2, 0) is 19.3 Å². The Labute approximate surface area is 173 Å². The van der Waals surface area contributed by atoms with Gasteiger partial charge in [-0.15, -0.1) is 0 Å². The Kier molecular flexibility index (Phi) is 5.84. The molecule has 0 radical (unpaired) electrons. The molecule has 1 N–H and O–H groups in total. The standard InChI is InChI=1S/C26H30N2O/c1-19-10-15-25-23(17-19)18-20(2)28(25)24-13-11-22(12-14-24)26(29)27-16-6-9-21-7-4-3-5-8-21/h3-5,7-8,11-14,18-19H,6,9-10,15-17H2,1-2H3,(H,27,29)/t19-/m0/s1. The molecular formula is C26H30N2O. The van der Waals surface area contributed by atoms with E-state index in [1.807, 2.05) is 18.2 Å². The molecule has 0 unspecified atom stereocenters. The van der Waals surface area contributed by atoms with Crippen molar-refractivity contribution in [1.82, 2.24) is 9.88 Å². The molecule has 0 fully saturated rings. The number of rotatable bonds is 6. The highest BCUT2D eigenvalue weighted by Gasteiger charge is 2.21. The van der Waals surface area contributed by atoms with Crippen LogP contribution in [0.2, 0.25) is 0 Å². The number of hydrogen-bond donors (Lipinski definition) is 1. The summed E-state index contributed by atoms with van der Waals surface area (Å²) in [5.74, 6) is 0.774. The van der Waals surface area contributed by atoms with Crippen LogP contribution in [-0.4, -0.2) is 17.0 Å². The molecule has 3 nitrogen and oxygen atoms in total. The van der Waals surface area contributed by atoms with Gasteiger partial charge in [0.2, 0.25) is 0 Å². The zero-order valence-corrected chi connectivity index (χ0v) is 17.4. The van der Waals surface area contributed by atoms with Gasteiger partial charge in [-0.25, -0.2) is 0 Å². The van der Waals surface area contributed by atoms with Crippen LogP contribution in [0, 0.1) is 12.8 Å². The fourth-order valence-electron chi connectivity index (χ4n) is 4.43. The molecule has 3 heteroatoms. The van der Waals surface area contributed by atoms with E-state index in [4.69, 9.17) is 0 Å². The maximum Gasteiger partial charge on any atom is 0.251 e. The van der Waals surface area contributed by atoms with Gasteiger partial charge in [0.1, 0.15) is 0 Å². The van der Waals surface area contributed by atoms with Crippen LogP contribution < -0.4 is 5.32 Å². The third-order valence-electron chi connectivity index (χ3n) is 5.98. The largest absolute Gasteiger partial charge is 0.352 e. The van der Waals surface area contributed by atoms with Crippen molar-refractivity contribution in [1.29, 1.82) is 0 Å². The summed E-state index contributed by atoms with van der Waals surface area (Å²) in [6, 6.07) is 20.8. The minimum Gasteiger partial charge on any atom is -0.352 e. The van der Waals surface area contributed by atoms with E-state index in [0.29, 0.717) is 6.54 Å². The second-order valence-corrected chi connectivity index (χ2v) is 8.33. The van der Waals surface area contributed by atoms with Crippen LogP contribution in [0.1, 0.15) is 52.6 Å². The fraction of sp³-hybridized carbons (Fsp3) is 0.346. The Morgan fingerprint density at radius 1 is 1.10 bits per heavy atom. The summed E-state index contributed by atoms with van der Waals surface area (Å²) in [5.41, 5.74) is 7.40. The predicted molar refractivity (Wildman–Crippen MR) is 119 cm³/mol. The lowest BCUT2D eigenvalue weighted by atomic mass is 9.89. The summed E-state index contributed by atoms with van der Waals surface area (Å²) in [5, 5.41) is 3.04. The highest BCUT2D eigenvalue weighted by atomic mass is 16.1. The topological polar surface area (TPSA) is 34.0 Å². The Balaban J connectivity index is 1.37. The number of hydrogen-bond acceptors (Lipinski definition) is 1. The van der Waals surface area contributed by atoms with Crippen LogP contribution in [0.4, 0.5) is 0 Å². The van der Waals surface area contributed by atoms with Gasteiger partial charge in [-0.3, -0.25) is 4.79 Å². The molecule has 0 saturated heterocycles. The van der Waals surface area contributed by atoms with Gasteiger partial charge in [-0.1, -0.05) is 37.3 Å². The van der Waals surface area contributed by atoms with Crippen LogP contribution in [0.3, 0.4) is 0 Å². The first-order valence-electron chi connectivity index (χ1n) is 10.7. The zero-order valence-electron chi connectivity index (χ0n) is 17.4. The van der Waals surface area contributed by atoms with E-state index >= 15 is 0 Å². The van der Waals surface area contributed by atoms with E-state index in [9.17, 15) is 4.79 Å². The van der Waals surface area contributed by atoms with Crippen LogP contribution in [0.25, 0.3) is 5.69 Å². The van der Waals surface area contributed by atoms with Gasteiger partial charge in [-0.05, 0) is 86.4 Å². The van der Waals surface area contributed by atoms with E-state index in [0.717, 1.165) is 36.4 Å². The van der Waals surface area contributed by atoms with E-state index < -0.39 is 0 Å². The van der Waals surface area contributed by atoms with Gasteiger partial charge in [-0.2, -0.15) is 0 Å². The Morgan fingerprint density at radius 3 is 2.62 bits per heavy atom. The quantitative estimate of drug-likeness (QED) is 0.575. The van der Waals surface area contributed by atoms with E-state index in [-0.39, 0.29) is 5.91 Å². The first-order valence-corrected chi connectivity index (χ1v) is 10.7. The molecule has 1 aliphatic rings. The lowest BCUT2D eigenvalue weighted by molar-refractivity contribution is 0.0953. The molecule has 3 aromatic rings. The second kappa shape index (κ2) is 8.69. The molecule has 1 heterocycles. The average molecular weight is 387 g/mol. The maximum atomic E-state index is 12.5. The number of nitrogens with zero attached hydrogens (tertiary/aromatic N) is 1. The molecular weight excluding hydrogens is 356 g/mol. The van der Waals surface area contributed by atoms with Gasteiger partial charge in [0.25, 0.3) is 5.91 Å². The number of fused-ring (bicyclic) bond motifs is 1. The number of benzene rings is 2. The molecule has 0 aliphatic heterocycles. The lowest BCUT2D eigenvalue weighted by Crippen LogP contribution is -2.24. The number of carbonyl (C=O) groups is 1. The maximum absolute atomic E-state index is 12.5. The Morgan fingerprint density at radius 2 is 1.86 bits per heavy atom. The van der Waals surface area contributed by atoms with Crippen LogP contribution >= 0.6 is 0 Å². The highest BCUT2D eigenvalue weighted by Crippen LogP contribution is 2.30. The summed E-state index contributed by atoms with van der Waals surface area (Å²) in [6.45, 7) is 5.21. The molecule has 0 bridgehead atoms. The third kappa shape index (κ3) is 4.45. The van der Waals surface area contributed by atoms with E-state index in [2.05, 4.69) is 66.2 Å². The minimum atomic E-state index is 0.00435. The first-order chi connectivity index (χ1) is 14.1. The van der Waals surface area contributed by atoms with Crippen molar-refractivity contribution < 1.29 is 4.79 Å². The first kappa shape index (κ1) is 19.5. The van der Waals surface area contributed by atoms with Crippen molar-refractivity contribution in [2.75, 3.05) is 6.54 Å². The zero-order chi connectivity index (χ0) is 20.2. The van der Waals surface area contributed by atoms with Gasteiger partial charge in [0.15, 0.2) is 0 Å². The van der Waals surface area contributed by atoms with E-state index in [1.165, 1.54) is 35.4 Å². The fourth-order valence-corrected chi connectivity index (χ4v) is 4.43. The summed E-state index contributed by atoms with van der Waals surface area (Å²) >= 11 is 0. The van der Waals surface area contributed by atoms with Gasteiger partial charge >= 0.3 is 0 Å². The van der Waals surface area contributed by atoms with Gasteiger partial charge < -0.3 is 9.88 Å². The normalized spacial score (nSPS) is 15.7. The molecule has 1 atom stereocenters. The summed E-state index contributed by atoms with van der Waals surface area (Å²) in [6.07, 6.45) is 5.48. The highest BCUT2D eigenvalue weighted by molar-refractivity contribution is 5.94. The van der Waals surface area contributed by atoms with Crippen molar-refractivity contribution in [3.63, 3.8) is 0 Å². The summed E-state index contributed by atoms with van der Waals surface area (Å²) in [4.78, 5) is 12.5. The number of aryl methyl sites for hydroxylation is 2. The smallest absolute Gasteiger partial charge is 0.251 e. The number of aromatic nitrogens is 1. The van der Waals surface area contributed by atoms with Crippen molar-refractivity contribution in [2.24, 2.45) is 5.92 Å². The van der Waals surface area contributed by atoms with Crippen molar-refractivity contribution in [2.45, 2.75) is 46.0 Å². The Hall–Kier alpha value is -2.81. The van der Waals surface area contributed by atoms with Gasteiger partial charge in [0.05, 0.1) is 0 Å². The number of carbonyl (C=O) groups excluding carboxylic acids is 1. The van der Waals surface area contributed by atoms with Gasteiger partial charge in [0, 0.05) is 29.2 Å². The monoisotopic (exact) mass is 386 g/mol. The molecule has 150 valence electrons. The molecule has 29 heavy (non-hydrogen) atoms. The van der Waals surface area contributed by atoms with Crippen LogP contribution in [0.15, 0.2) is 60.7 Å². The van der Waals surface area contributed by atoms with Crippen molar-refractivity contribution in [3.05, 3.63) is 88.7 Å². The lowest BCUT2D eigenvalue weighted by Gasteiger charge is -2.21. The predicted octanol–water partition coefficient (Wildman–Crippen LogP) is 5.27. The number of amides is 1. The molecule has 0 saturated carbocycles. The molecule has 0 spiro atoms. The average Bonchev–Trinajstić information content (AvgIpc) is 3.06. The molecule has 1 aliphatic carbocycles. The summed E-state index contributed by atoms with van der Waals surface area (Å²) < 4.78 is 2.36. The minimum absolute atomic E-state index is 0.00435. The van der Waals surface area contributed by atoms with Crippen molar-refractivity contribution >= 4 is 5.91 Å².